The van der Waals surface area contributed by atoms with Gasteiger partial charge in [-0.3, -0.25) is 4.79 Å². The van der Waals surface area contributed by atoms with Crippen LogP contribution in [-0.4, -0.2) is 30.6 Å². The fourth-order valence-corrected chi connectivity index (χ4v) is 1.35. The molecule has 5 nitrogen and oxygen atoms in total. The van der Waals surface area contributed by atoms with E-state index < -0.39 is 5.97 Å². The smallest absolute Gasteiger partial charge is 0.335 e. The van der Waals surface area contributed by atoms with Gasteiger partial charge in [-0.2, -0.15) is 0 Å². The van der Waals surface area contributed by atoms with Gasteiger partial charge < -0.3 is 15.2 Å². The summed E-state index contributed by atoms with van der Waals surface area (Å²) < 4.78 is 5.34. The molecular formula is C12H15NO4. The Balaban J connectivity index is 2.59. The molecule has 0 saturated heterocycles. The summed E-state index contributed by atoms with van der Waals surface area (Å²) in [5.41, 5.74) is 0.888. The normalized spacial score (nSPS) is 9.76. The van der Waals surface area contributed by atoms with Crippen LogP contribution >= 0.6 is 0 Å². The fourth-order valence-electron chi connectivity index (χ4n) is 1.35. The van der Waals surface area contributed by atoms with E-state index >= 15 is 0 Å². The maximum Gasteiger partial charge on any atom is 0.335 e. The van der Waals surface area contributed by atoms with Crippen LogP contribution in [0.5, 0.6) is 5.75 Å². The van der Waals surface area contributed by atoms with Gasteiger partial charge in [0.2, 0.25) is 5.91 Å². The van der Waals surface area contributed by atoms with Gasteiger partial charge in [0.05, 0.1) is 18.6 Å². The molecule has 1 rings (SSSR count). The maximum absolute atomic E-state index is 10.9. The van der Waals surface area contributed by atoms with Crippen molar-refractivity contribution in [1.29, 1.82) is 0 Å². The highest BCUT2D eigenvalue weighted by Gasteiger charge is 2.07. The van der Waals surface area contributed by atoms with E-state index in [0.717, 1.165) is 0 Å². The second-order valence-corrected chi connectivity index (χ2v) is 3.55. The molecule has 0 saturated carbocycles. The molecule has 0 aromatic heterocycles. The van der Waals surface area contributed by atoms with Crippen molar-refractivity contribution in [3.63, 3.8) is 0 Å². The van der Waals surface area contributed by atoms with Crippen LogP contribution in [0.25, 0.3) is 0 Å². The minimum atomic E-state index is -0.959. The quantitative estimate of drug-likeness (QED) is 0.807. The van der Waals surface area contributed by atoms with Gasteiger partial charge in [0, 0.05) is 7.05 Å². The molecule has 0 heterocycles. The predicted octanol–water partition coefficient (Wildman–Crippen LogP) is 1.21. The third kappa shape index (κ3) is 3.79. The molecule has 1 aromatic carbocycles. The fraction of sp³-hybridized carbons (Fsp3) is 0.333. The first kappa shape index (κ1) is 13.0. The molecule has 0 aliphatic rings. The average molecular weight is 237 g/mol. The molecule has 5 heteroatoms. The number of hydrogen-bond acceptors (Lipinski definition) is 3. The zero-order chi connectivity index (χ0) is 12.8. The van der Waals surface area contributed by atoms with Crippen molar-refractivity contribution in [3.8, 4) is 5.75 Å². The van der Waals surface area contributed by atoms with Crippen LogP contribution in [0.1, 0.15) is 22.3 Å². The number of aromatic carboxylic acids is 1. The van der Waals surface area contributed by atoms with Crippen molar-refractivity contribution in [1.82, 2.24) is 5.32 Å². The minimum absolute atomic E-state index is 0.0936. The van der Waals surface area contributed by atoms with Gasteiger partial charge in [0.15, 0.2) is 0 Å². The lowest BCUT2D eigenvalue weighted by atomic mass is 10.1. The second kappa shape index (κ2) is 5.89. The first-order valence-corrected chi connectivity index (χ1v) is 5.22. The van der Waals surface area contributed by atoms with E-state index in [4.69, 9.17) is 9.84 Å². The predicted molar refractivity (Wildman–Crippen MR) is 62.3 cm³/mol. The summed E-state index contributed by atoms with van der Waals surface area (Å²) in [7, 11) is 1.56. The molecule has 1 amide bonds. The summed E-state index contributed by atoms with van der Waals surface area (Å²) in [5.74, 6) is -0.486. The molecule has 0 spiro atoms. The van der Waals surface area contributed by atoms with Crippen LogP contribution in [0.4, 0.5) is 0 Å². The van der Waals surface area contributed by atoms with Crippen LogP contribution in [0.3, 0.4) is 0 Å². The van der Waals surface area contributed by atoms with Gasteiger partial charge in [0.1, 0.15) is 5.75 Å². The van der Waals surface area contributed by atoms with Gasteiger partial charge in [-0.15, -0.1) is 0 Å². The zero-order valence-electron chi connectivity index (χ0n) is 9.82. The number of carboxylic acids is 1. The highest BCUT2D eigenvalue weighted by molar-refractivity contribution is 5.89. The lowest BCUT2D eigenvalue weighted by Crippen LogP contribution is -2.20. The Morgan fingerprint density at radius 1 is 1.41 bits per heavy atom. The molecule has 0 atom stereocenters. The Kier molecular flexibility index (Phi) is 4.51. The molecule has 0 bridgehead atoms. The Hall–Kier alpha value is -2.04. The molecular weight excluding hydrogens is 222 g/mol. The topological polar surface area (TPSA) is 75.6 Å². The maximum atomic E-state index is 10.9. The SMILES string of the molecule is CNC(=O)CCOc1ccc(C(=O)O)c(C)c1. The van der Waals surface area contributed by atoms with E-state index in [-0.39, 0.29) is 24.5 Å². The van der Waals surface area contributed by atoms with Gasteiger partial charge in [-0.05, 0) is 30.7 Å². The van der Waals surface area contributed by atoms with E-state index in [1.807, 2.05) is 0 Å². The molecule has 0 radical (unpaired) electrons. The Morgan fingerprint density at radius 2 is 2.12 bits per heavy atom. The van der Waals surface area contributed by atoms with Crippen molar-refractivity contribution in [2.75, 3.05) is 13.7 Å². The van der Waals surface area contributed by atoms with E-state index in [1.54, 1.807) is 26.1 Å². The third-order valence-electron chi connectivity index (χ3n) is 2.30. The lowest BCUT2D eigenvalue weighted by molar-refractivity contribution is -0.121. The summed E-state index contributed by atoms with van der Waals surface area (Å²) in [4.78, 5) is 21.7. The number of amides is 1. The largest absolute Gasteiger partial charge is 0.493 e. The number of carbonyl (C=O) groups is 2. The second-order valence-electron chi connectivity index (χ2n) is 3.55. The number of ether oxygens (including phenoxy) is 1. The summed E-state index contributed by atoms with van der Waals surface area (Å²) in [5, 5.41) is 11.3. The van der Waals surface area contributed by atoms with Crippen molar-refractivity contribution in [3.05, 3.63) is 29.3 Å². The molecule has 1 aromatic rings. The van der Waals surface area contributed by atoms with Gasteiger partial charge in [-0.1, -0.05) is 0 Å². The highest BCUT2D eigenvalue weighted by atomic mass is 16.5. The number of carboxylic acid groups (broad SMARTS) is 1. The van der Waals surface area contributed by atoms with E-state index in [0.29, 0.717) is 11.3 Å². The van der Waals surface area contributed by atoms with Crippen molar-refractivity contribution >= 4 is 11.9 Å². The molecule has 0 fully saturated rings. The molecule has 0 aliphatic carbocycles. The number of benzene rings is 1. The minimum Gasteiger partial charge on any atom is -0.493 e. The first-order chi connectivity index (χ1) is 8.04. The van der Waals surface area contributed by atoms with Gasteiger partial charge in [0.25, 0.3) is 0 Å². The van der Waals surface area contributed by atoms with E-state index in [9.17, 15) is 9.59 Å². The van der Waals surface area contributed by atoms with Crippen molar-refractivity contribution in [2.24, 2.45) is 0 Å². The Morgan fingerprint density at radius 3 is 2.65 bits per heavy atom. The standard InChI is InChI=1S/C12H15NO4/c1-8-7-9(3-4-10(8)12(15)16)17-6-5-11(14)13-2/h3-4,7H,5-6H2,1-2H3,(H,13,14)(H,15,16). The highest BCUT2D eigenvalue weighted by Crippen LogP contribution is 2.17. The molecule has 92 valence electrons. The summed E-state index contributed by atoms with van der Waals surface area (Å²) in [6, 6.07) is 4.72. The summed E-state index contributed by atoms with van der Waals surface area (Å²) in [6.07, 6.45) is 0.274. The van der Waals surface area contributed by atoms with Crippen LogP contribution in [0, 0.1) is 6.92 Å². The van der Waals surface area contributed by atoms with Crippen molar-refractivity contribution in [2.45, 2.75) is 13.3 Å². The monoisotopic (exact) mass is 237 g/mol. The third-order valence-corrected chi connectivity index (χ3v) is 2.30. The lowest BCUT2D eigenvalue weighted by Gasteiger charge is -2.07. The van der Waals surface area contributed by atoms with Crippen LogP contribution in [0.2, 0.25) is 0 Å². The van der Waals surface area contributed by atoms with Crippen LogP contribution in [-0.2, 0) is 4.79 Å². The van der Waals surface area contributed by atoms with E-state index in [2.05, 4.69) is 5.32 Å². The summed E-state index contributed by atoms with van der Waals surface area (Å²) in [6.45, 7) is 1.97. The molecule has 0 unspecified atom stereocenters. The molecule has 17 heavy (non-hydrogen) atoms. The van der Waals surface area contributed by atoms with Crippen molar-refractivity contribution < 1.29 is 19.4 Å². The number of rotatable bonds is 5. The molecule has 2 N–H and O–H groups in total. The van der Waals surface area contributed by atoms with Crippen LogP contribution in [0.15, 0.2) is 18.2 Å². The zero-order valence-corrected chi connectivity index (χ0v) is 9.82. The number of nitrogens with one attached hydrogen (secondary N) is 1. The van der Waals surface area contributed by atoms with E-state index in [1.165, 1.54) is 6.07 Å². The number of hydrogen-bond donors (Lipinski definition) is 2. The Bertz CT molecular complexity index is 429. The summed E-state index contributed by atoms with van der Waals surface area (Å²) >= 11 is 0. The van der Waals surface area contributed by atoms with Gasteiger partial charge in [-0.25, -0.2) is 4.79 Å². The average Bonchev–Trinajstić information content (AvgIpc) is 2.28. The number of aryl methyl sites for hydroxylation is 1. The molecule has 0 aliphatic heterocycles. The first-order valence-electron chi connectivity index (χ1n) is 5.22. The van der Waals surface area contributed by atoms with Gasteiger partial charge >= 0.3 is 5.97 Å². The number of carbonyl (C=O) groups excluding carboxylic acids is 1. The van der Waals surface area contributed by atoms with Crippen LogP contribution < -0.4 is 10.1 Å². The Labute approximate surface area is 99.4 Å².